The Hall–Kier alpha value is -2.67. The number of benzene rings is 2. The molecular weight excluding hydrogens is 388 g/mol. The lowest BCUT2D eigenvalue weighted by Gasteiger charge is -2.05. The van der Waals surface area contributed by atoms with E-state index in [0.717, 1.165) is 5.56 Å². The molecule has 0 fully saturated rings. The Kier molecular flexibility index (Phi) is 7.16. The van der Waals surface area contributed by atoms with Crippen LogP contribution in [0.2, 0.25) is 0 Å². The molecule has 1 amide bonds. The fourth-order valence-corrected chi connectivity index (χ4v) is 2.41. The predicted molar refractivity (Wildman–Crippen MR) is 99.1 cm³/mol. The van der Waals surface area contributed by atoms with Gasteiger partial charge in [-0.05, 0) is 24.1 Å². The van der Waals surface area contributed by atoms with Crippen LogP contribution in [0.4, 0.5) is 10.5 Å². The molecule has 0 saturated heterocycles. The SMILES string of the molecule is O=C(NCCC=Cc1ccc(Br)cc1[N+](=O)[O-])OCc1ccccc1. The van der Waals surface area contributed by atoms with Gasteiger partial charge >= 0.3 is 6.09 Å². The Labute approximate surface area is 153 Å². The molecule has 1 N–H and O–H groups in total. The molecule has 0 spiro atoms. The minimum atomic E-state index is -0.494. The van der Waals surface area contributed by atoms with E-state index in [2.05, 4.69) is 21.2 Å². The van der Waals surface area contributed by atoms with Crippen molar-refractivity contribution in [2.45, 2.75) is 13.0 Å². The smallest absolute Gasteiger partial charge is 0.407 e. The lowest BCUT2D eigenvalue weighted by atomic mass is 10.1. The summed E-state index contributed by atoms with van der Waals surface area (Å²) in [5.74, 6) is 0. The van der Waals surface area contributed by atoms with Gasteiger partial charge in [0.1, 0.15) is 6.61 Å². The summed E-state index contributed by atoms with van der Waals surface area (Å²) < 4.78 is 5.74. The summed E-state index contributed by atoms with van der Waals surface area (Å²) in [5.41, 5.74) is 1.46. The van der Waals surface area contributed by atoms with Crippen LogP contribution in [0, 0.1) is 10.1 Å². The molecule has 0 unspecified atom stereocenters. The van der Waals surface area contributed by atoms with E-state index in [0.29, 0.717) is 23.0 Å². The number of alkyl carbamates (subject to hydrolysis) is 1. The van der Waals surface area contributed by atoms with E-state index < -0.39 is 11.0 Å². The van der Waals surface area contributed by atoms with E-state index >= 15 is 0 Å². The van der Waals surface area contributed by atoms with Gasteiger partial charge in [-0.1, -0.05) is 58.4 Å². The Morgan fingerprint density at radius 2 is 2.00 bits per heavy atom. The standard InChI is InChI=1S/C18H17BrN2O4/c19-16-10-9-15(17(12-16)21(23)24)8-4-5-11-20-18(22)25-13-14-6-2-1-3-7-14/h1-4,6-10,12H,5,11,13H2,(H,20,22). The predicted octanol–water partition coefficient (Wildman–Crippen LogP) is 4.69. The van der Waals surface area contributed by atoms with Crippen LogP contribution in [0.1, 0.15) is 17.5 Å². The highest BCUT2D eigenvalue weighted by molar-refractivity contribution is 9.10. The van der Waals surface area contributed by atoms with Crippen LogP contribution in [-0.2, 0) is 11.3 Å². The maximum Gasteiger partial charge on any atom is 0.407 e. The normalized spacial score (nSPS) is 10.6. The molecule has 0 atom stereocenters. The van der Waals surface area contributed by atoms with Gasteiger partial charge < -0.3 is 10.1 Å². The number of hydrogen-bond acceptors (Lipinski definition) is 4. The first kappa shape index (κ1) is 18.7. The molecule has 25 heavy (non-hydrogen) atoms. The van der Waals surface area contributed by atoms with Crippen molar-refractivity contribution in [3.63, 3.8) is 0 Å². The first-order valence-electron chi connectivity index (χ1n) is 7.61. The Morgan fingerprint density at radius 1 is 1.24 bits per heavy atom. The number of nitro benzene ring substituents is 1. The van der Waals surface area contributed by atoms with Crippen LogP contribution in [-0.4, -0.2) is 17.6 Å². The molecule has 6 nitrogen and oxygen atoms in total. The molecule has 0 aliphatic carbocycles. The molecule has 0 heterocycles. The number of amides is 1. The van der Waals surface area contributed by atoms with Gasteiger partial charge in [0.2, 0.25) is 0 Å². The first-order valence-corrected chi connectivity index (χ1v) is 8.40. The molecule has 0 aliphatic rings. The van der Waals surface area contributed by atoms with Crippen molar-refractivity contribution in [1.82, 2.24) is 5.32 Å². The van der Waals surface area contributed by atoms with Gasteiger partial charge in [0.15, 0.2) is 0 Å². The van der Waals surface area contributed by atoms with Gasteiger partial charge in [0, 0.05) is 17.1 Å². The van der Waals surface area contributed by atoms with E-state index in [1.165, 1.54) is 6.07 Å². The van der Waals surface area contributed by atoms with Crippen LogP contribution < -0.4 is 5.32 Å². The molecule has 0 aromatic heterocycles. The molecule has 2 rings (SSSR count). The van der Waals surface area contributed by atoms with E-state index in [1.54, 1.807) is 24.3 Å². The van der Waals surface area contributed by atoms with Crippen molar-refractivity contribution in [1.29, 1.82) is 0 Å². The van der Waals surface area contributed by atoms with E-state index in [9.17, 15) is 14.9 Å². The lowest BCUT2D eigenvalue weighted by Crippen LogP contribution is -2.24. The fourth-order valence-electron chi connectivity index (χ4n) is 2.06. The molecule has 2 aromatic carbocycles. The second-order valence-corrected chi connectivity index (χ2v) is 6.06. The van der Waals surface area contributed by atoms with Crippen LogP contribution in [0.3, 0.4) is 0 Å². The Bertz CT molecular complexity index is 763. The number of ether oxygens (including phenoxy) is 1. The first-order chi connectivity index (χ1) is 12.1. The summed E-state index contributed by atoms with van der Waals surface area (Å²) >= 11 is 3.22. The number of carbonyl (C=O) groups is 1. The third kappa shape index (κ3) is 6.39. The Morgan fingerprint density at radius 3 is 2.72 bits per heavy atom. The summed E-state index contributed by atoms with van der Waals surface area (Å²) in [5, 5.41) is 13.7. The second-order valence-electron chi connectivity index (χ2n) is 5.14. The highest BCUT2D eigenvalue weighted by Crippen LogP contribution is 2.24. The fraction of sp³-hybridized carbons (Fsp3) is 0.167. The summed E-state index contributed by atoms with van der Waals surface area (Å²) in [4.78, 5) is 22.2. The van der Waals surface area contributed by atoms with Gasteiger partial charge in [0.25, 0.3) is 5.69 Å². The van der Waals surface area contributed by atoms with Crippen LogP contribution >= 0.6 is 15.9 Å². The van der Waals surface area contributed by atoms with E-state index in [4.69, 9.17) is 4.74 Å². The van der Waals surface area contributed by atoms with Crippen LogP contribution in [0.5, 0.6) is 0 Å². The summed E-state index contributed by atoms with van der Waals surface area (Å²) in [6.45, 7) is 0.599. The minimum Gasteiger partial charge on any atom is -0.445 e. The largest absolute Gasteiger partial charge is 0.445 e. The molecule has 0 bridgehead atoms. The molecule has 0 saturated carbocycles. The van der Waals surface area contributed by atoms with Crippen molar-refractivity contribution in [3.05, 3.63) is 80.3 Å². The van der Waals surface area contributed by atoms with Crippen molar-refractivity contribution in [2.75, 3.05) is 6.54 Å². The lowest BCUT2D eigenvalue weighted by molar-refractivity contribution is -0.385. The van der Waals surface area contributed by atoms with Crippen molar-refractivity contribution in [2.24, 2.45) is 0 Å². The van der Waals surface area contributed by atoms with Crippen LogP contribution in [0.25, 0.3) is 6.08 Å². The molecule has 130 valence electrons. The average Bonchev–Trinajstić information content (AvgIpc) is 2.61. The third-order valence-electron chi connectivity index (χ3n) is 3.28. The molecule has 0 radical (unpaired) electrons. The molecule has 0 aliphatic heterocycles. The Balaban J connectivity index is 1.74. The quantitative estimate of drug-likeness (QED) is 0.412. The summed E-state index contributed by atoms with van der Waals surface area (Å²) in [6, 6.07) is 14.3. The number of nitro groups is 1. The molecular formula is C18H17BrN2O4. The van der Waals surface area contributed by atoms with Gasteiger partial charge in [-0.15, -0.1) is 0 Å². The highest BCUT2D eigenvalue weighted by Gasteiger charge is 2.11. The van der Waals surface area contributed by atoms with Crippen LogP contribution in [0.15, 0.2) is 59.1 Å². The molecule has 2 aromatic rings. The number of carbonyl (C=O) groups excluding carboxylic acids is 1. The van der Waals surface area contributed by atoms with Gasteiger partial charge in [-0.2, -0.15) is 0 Å². The average molecular weight is 405 g/mol. The maximum absolute atomic E-state index is 11.6. The topological polar surface area (TPSA) is 81.5 Å². The van der Waals surface area contributed by atoms with E-state index in [-0.39, 0.29) is 12.3 Å². The van der Waals surface area contributed by atoms with Gasteiger partial charge in [0.05, 0.1) is 10.5 Å². The van der Waals surface area contributed by atoms with Crippen molar-refractivity contribution >= 4 is 33.8 Å². The maximum atomic E-state index is 11.6. The summed E-state index contributed by atoms with van der Waals surface area (Å²) in [7, 11) is 0. The number of nitrogens with zero attached hydrogens (tertiary/aromatic N) is 1. The van der Waals surface area contributed by atoms with Gasteiger partial charge in [-0.3, -0.25) is 10.1 Å². The second kappa shape index (κ2) is 9.58. The van der Waals surface area contributed by atoms with E-state index in [1.807, 2.05) is 30.3 Å². The number of hydrogen-bond donors (Lipinski definition) is 1. The van der Waals surface area contributed by atoms with Crippen molar-refractivity contribution in [3.8, 4) is 0 Å². The number of nitrogens with one attached hydrogen (secondary N) is 1. The third-order valence-corrected chi connectivity index (χ3v) is 3.77. The zero-order valence-corrected chi connectivity index (χ0v) is 14.9. The highest BCUT2D eigenvalue weighted by atomic mass is 79.9. The zero-order valence-electron chi connectivity index (χ0n) is 13.4. The number of halogens is 1. The minimum absolute atomic E-state index is 0.0286. The monoisotopic (exact) mass is 404 g/mol. The molecule has 7 heteroatoms. The zero-order chi connectivity index (χ0) is 18.1. The van der Waals surface area contributed by atoms with Gasteiger partial charge in [-0.25, -0.2) is 4.79 Å². The number of rotatable bonds is 7. The van der Waals surface area contributed by atoms with Crippen molar-refractivity contribution < 1.29 is 14.5 Å². The summed E-state index contributed by atoms with van der Waals surface area (Å²) in [6.07, 6.45) is 3.48.